The van der Waals surface area contributed by atoms with Crippen molar-refractivity contribution >= 4 is 11.9 Å². The van der Waals surface area contributed by atoms with E-state index in [4.69, 9.17) is 5.73 Å². The highest BCUT2D eigenvalue weighted by Crippen LogP contribution is 2.24. The van der Waals surface area contributed by atoms with Gasteiger partial charge in [0.15, 0.2) is 5.96 Å². The molecule has 0 saturated heterocycles. The molecule has 1 aliphatic carbocycles. The third-order valence-electron chi connectivity index (χ3n) is 4.43. The molecule has 4 N–H and O–H groups in total. The number of nitrogens with zero attached hydrogens (tertiary/aromatic N) is 1. The van der Waals surface area contributed by atoms with Gasteiger partial charge in [0, 0.05) is 18.2 Å². The van der Waals surface area contributed by atoms with E-state index in [2.05, 4.69) is 22.5 Å². The Morgan fingerprint density at radius 2 is 2.04 bits per heavy atom. The minimum absolute atomic E-state index is 0.0314. The van der Waals surface area contributed by atoms with Crippen molar-refractivity contribution in [1.29, 1.82) is 0 Å². The fraction of sp³-hybridized carbons (Fsp3) is 0.556. The average molecular weight is 316 g/mol. The minimum atomic E-state index is -0.0314. The van der Waals surface area contributed by atoms with Gasteiger partial charge in [-0.3, -0.25) is 4.79 Å². The molecule has 0 heterocycles. The maximum absolute atomic E-state index is 12.0. The molecule has 23 heavy (non-hydrogen) atoms. The van der Waals surface area contributed by atoms with E-state index in [0.717, 1.165) is 24.4 Å². The van der Waals surface area contributed by atoms with Gasteiger partial charge >= 0.3 is 0 Å². The fourth-order valence-corrected chi connectivity index (χ4v) is 2.35. The van der Waals surface area contributed by atoms with Gasteiger partial charge in [-0.2, -0.15) is 0 Å². The van der Waals surface area contributed by atoms with E-state index in [0.29, 0.717) is 18.1 Å². The maximum atomic E-state index is 12.0. The summed E-state index contributed by atoms with van der Waals surface area (Å²) in [5.41, 5.74) is 7.59. The van der Waals surface area contributed by atoms with E-state index in [-0.39, 0.29) is 11.9 Å². The second kappa shape index (κ2) is 8.56. The van der Waals surface area contributed by atoms with Crippen LogP contribution in [-0.2, 0) is 6.54 Å². The van der Waals surface area contributed by atoms with Gasteiger partial charge in [-0.05, 0) is 49.8 Å². The van der Waals surface area contributed by atoms with Crippen LogP contribution in [0.15, 0.2) is 29.3 Å². The molecule has 5 heteroatoms. The Kier molecular flexibility index (Phi) is 6.44. The number of rotatable bonds is 7. The molecule has 0 radical (unpaired) electrons. The quantitative estimate of drug-likeness (QED) is 0.534. The van der Waals surface area contributed by atoms with Crippen LogP contribution in [0.3, 0.4) is 0 Å². The second-order valence-electron chi connectivity index (χ2n) is 6.36. The number of carbonyl (C=O) groups is 1. The Morgan fingerprint density at radius 1 is 1.35 bits per heavy atom. The zero-order valence-corrected chi connectivity index (χ0v) is 14.1. The molecule has 1 amide bonds. The lowest BCUT2D eigenvalue weighted by Gasteiger charge is -2.25. The molecule has 1 fully saturated rings. The van der Waals surface area contributed by atoms with E-state index < -0.39 is 0 Å². The first kappa shape index (κ1) is 17.3. The second-order valence-corrected chi connectivity index (χ2v) is 6.36. The fourth-order valence-electron chi connectivity index (χ4n) is 2.35. The summed E-state index contributed by atoms with van der Waals surface area (Å²) >= 11 is 0. The number of carbonyl (C=O) groups excluding carboxylic acids is 1. The molecule has 1 unspecified atom stereocenters. The number of guanidine groups is 1. The molecule has 0 spiro atoms. The van der Waals surface area contributed by atoms with E-state index in [1.165, 1.54) is 19.3 Å². The zero-order chi connectivity index (χ0) is 16.7. The largest absolute Gasteiger partial charge is 0.370 e. The number of aliphatic imine (C=N–C) groups is 1. The number of hydrogen-bond donors (Lipinski definition) is 3. The van der Waals surface area contributed by atoms with Crippen LogP contribution < -0.4 is 16.4 Å². The molecule has 5 nitrogen and oxygen atoms in total. The highest BCUT2D eigenvalue weighted by molar-refractivity contribution is 5.94. The van der Waals surface area contributed by atoms with Crippen molar-refractivity contribution in [2.24, 2.45) is 16.6 Å². The lowest BCUT2D eigenvalue weighted by molar-refractivity contribution is 0.0939. The molecule has 1 saturated carbocycles. The van der Waals surface area contributed by atoms with Gasteiger partial charge in [-0.15, -0.1) is 0 Å². The average Bonchev–Trinajstić information content (AvgIpc) is 2.51. The van der Waals surface area contributed by atoms with Crippen LogP contribution in [0.4, 0.5) is 0 Å². The van der Waals surface area contributed by atoms with Gasteiger partial charge in [0.25, 0.3) is 5.91 Å². The maximum Gasteiger partial charge on any atom is 0.251 e. The predicted molar refractivity (Wildman–Crippen MR) is 94.3 cm³/mol. The van der Waals surface area contributed by atoms with Crippen LogP contribution in [0.1, 0.15) is 55.5 Å². The van der Waals surface area contributed by atoms with E-state index in [1.807, 2.05) is 31.2 Å². The zero-order valence-electron chi connectivity index (χ0n) is 14.1. The molecule has 1 aromatic rings. The summed E-state index contributed by atoms with van der Waals surface area (Å²) in [5, 5.41) is 6.13. The summed E-state index contributed by atoms with van der Waals surface area (Å²) in [6.45, 7) is 5.50. The van der Waals surface area contributed by atoms with Crippen molar-refractivity contribution in [3.8, 4) is 0 Å². The molecule has 1 aromatic carbocycles. The summed E-state index contributed by atoms with van der Waals surface area (Å²) in [7, 11) is 0. The molecular weight excluding hydrogens is 288 g/mol. The minimum Gasteiger partial charge on any atom is -0.370 e. The van der Waals surface area contributed by atoms with Crippen LogP contribution in [0.25, 0.3) is 0 Å². The lowest BCUT2D eigenvalue weighted by atomic mass is 9.85. The van der Waals surface area contributed by atoms with Crippen LogP contribution in [0.5, 0.6) is 0 Å². The molecule has 0 bridgehead atoms. The van der Waals surface area contributed by atoms with Crippen LogP contribution in [0, 0.1) is 5.92 Å². The summed E-state index contributed by atoms with van der Waals surface area (Å²) in [4.78, 5) is 16.3. The molecule has 1 aliphatic rings. The number of amides is 1. The van der Waals surface area contributed by atoms with E-state index in [1.54, 1.807) is 0 Å². The Hall–Kier alpha value is -2.04. The Balaban J connectivity index is 1.80. The van der Waals surface area contributed by atoms with Crippen LogP contribution in [0.2, 0.25) is 0 Å². The topological polar surface area (TPSA) is 79.5 Å². The van der Waals surface area contributed by atoms with Crippen molar-refractivity contribution in [2.75, 3.05) is 6.54 Å². The number of nitrogens with two attached hydrogens (primary N) is 1. The Morgan fingerprint density at radius 3 is 2.61 bits per heavy atom. The Bertz CT molecular complexity index is 534. The SMILES string of the molecule is CCC(C)NC(=O)c1ccc(CN=C(N)NCC2CCC2)cc1. The summed E-state index contributed by atoms with van der Waals surface area (Å²) in [5.74, 6) is 1.22. The van der Waals surface area contributed by atoms with Gasteiger partial charge in [0.05, 0.1) is 6.54 Å². The van der Waals surface area contributed by atoms with Crippen molar-refractivity contribution in [2.45, 2.75) is 52.1 Å². The van der Waals surface area contributed by atoms with Gasteiger partial charge in [0.2, 0.25) is 0 Å². The Labute approximate surface area is 138 Å². The monoisotopic (exact) mass is 316 g/mol. The highest BCUT2D eigenvalue weighted by Gasteiger charge is 2.16. The molecule has 1 atom stereocenters. The van der Waals surface area contributed by atoms with Crippen molar-refractivity contribution in [3.63, 3.8) is 0 Å². The molecular formula is C18H28N4O. The number of benzene rings is 1. The molecule has 2 rings (SSSR count). The van der Waals surface area contributed by atoms with Crippen molar-refractivity contribution in [3.05, 3.63) is 35.4 Å². The normalized spacial score (nSPS) is 16.5. The van der Waals surface area contributed by atoms with Gasteiger partial charge in [-0.1, -0.05) is 25.5 Å². The lowest BCUT2D eigenvalue weighted by Crippen LogP contribution is -2.37. The highest BCUT2D eigenvalue weighted by atomic mass is 16.1. The van der Waals surface area contributed by atoms with Crippen LogP contribution >= 0.6 is 0 Å². The number of nitrogens with one attached hydrogen (secondary N) is 2. The van der Waals surface area contributed by atoms with E-state index in [9.17, 15) is 4.79 Å². The van der Waals surface area contributed by atoms with Gasteiger partial charge in [0.1, 0.15) is 0 Å². The summed E-state index contributed by atoms with van der Waals surface area (Å²) < 4.78 is 0. The predicted octanol–water partition coefficient (Wildman–Crippen LogP) is 2.42. The van der Waals surface area contributed by atoms with Crippen molar-refractivity contribution in [1.82, 2.24) is 10.6 Å². The first-order valence-corrected chi connectivity index (χ1v) is 8.52. The first-order valence-electron chi connectivity index (χ1n) is 8.52. The third kappa shape index (κ3) is 5.58. The third-order valence-corrected chi connectivity index (χ3v) is 4.43. The smallest absolute Gasteiger partial charge is 0.251 e. The van der Waals surface area contributed by atoms with E-state index >= 15 is 0 Å². The molecule has 126 valence electrons. The molecule has 0 aromatic heterocycles. The van der Waals surface area contributed by atoms with Crippen molar-refractivity contribution < 1.29 is 4.79 Å². The van der Waals surface area contributed by atoms with Gasteiger partial charge in [-0.25, -0.2) is 4.99 Å². The standard InChI is InChI=1S/C18H28N4O/c1-3-13(2)22-17(23)16-9-7-15(8-10-16)12-21-18(19)20-11-14-5-4-6-14/h7-10,13-14H,3-6,11-12H2,1-2H3,(H,22,23)(H3,19,20,21). The summed E-state index contributed by atoms with van der Waals surface area (Å²) in [6, 6.07) is 7.71. The van der Waals surface area contributed by atoms with Crippen LogP contribution in [-0.4, -0.2) is 24.5 Å². The number of hydrogen-bond acceptors (Lipinski definition) is 2. The molecule has 0 aliphatic heterocycles. The van der Waals surface area contributed by atoms with Gasteiger partial charge < -0.3 is 16.4 Å². The summed E-state index contributed by atoms with van der Waals surface area (Å²) in [6.07, 6.45) is 4.84. The first-order chi connectivity index (χ1) is 11.1.